The lowest BCUT2D eigenvalue weighted by atomic mass is 10.2. The van der Waals surface area contributed by atoms with E-state index in [1.54, 1.807) is 30.3 Å². The highest BCUT2D eigenvalue weighted by atomic mass is 79.9. The van der Waals surface area contributed by atoms with Crippen molar-refractivity contribution in [3.05, 3.63) is 75.6 Å². The number of hydrogen-bond donors (Lipinski definition) is 0. The fourth-order valence-corrected chi connectivity index (χ4v) is 2.13. The maximum atomic E-state index is 13.6. The third kappa shape index (κ3) is 2.92. The normalized spacial score (nSPS) is 16.0. The molecule has 1 heterocycles. The number of nitrogens with zero attached hydrogens (tertiary/aromatic N) is 1. The van der Waals surface area contributed by atoms with Crippen LogP contribution in [-0.4, -0.2) is 11.9 Å². The Morgan fingerprint density at radius 1 is 1.10 bits per heavy atom. The number of carbonyl (C=O) groups is 1. The molecule has 3 rings (SSSR count). The van der Waals surface area contributed by atoms with Gasteiger partial charge >= 0.3 is 5.97 Å². The molecule has 0 amide bonds. The van der Waals surface area contributed by atoms with Crippen LogP contribution in [0.4, 0.5) is 4.39 Å². The van der Waals surface area contributed by atoms with Crippen LogP contribution in [0.15, 0.2) is 63.7 Å². The Labute approximate surface area is 128 Å². The van der Waals surface area contributed by atoms with Crippen LogP contribution < -0.4 is 0 Å². The summed E-state index contributed by atoms with van der Waals surface area (Å²) in [6.45, 7) is 0. The van der Waals surface area contributed by atoms with E-state index in [1.807, 2.05) is 12.1 Å². The molecule has 2 aromatic carbocycles. The van der Waals surface area contributed by atoms with Gasteiger partial charge in [0.2, 0.25) is 5.90 Å². The van der Waals surface area contributed by atoms with Crippen LogP contribution in [0, 0.1) is 5.82 Å². The fraction of sp³-hybridized carbons (Fsp3) is 0. The molecule has 0 spiro atoms. The highest BCUT2D eigenvalue weighted by molar-refractivity contribution is 9.10. The molecule has 0 bridgehead atoms. The van der Waals surface area contributed by atoms with Crippen molar-refractivity contribution in [2.24, 2.45) is 4.99 Å². The van der Waals surface area contributed by atoms with E-state index in [4.69, 9.17) is 4.74 Å². The first-order valence-corrected chi connectivity index (χ1v) is 6.96. The minimum absolute atomic E-state index is 0.0815. The average Bonchev–Trinajstić information content (AvgIpc) is 2.83. The minimum atomic E-state index is -0.587. The standard InChI is InChI=1S/C16H9BrFNO2/c17-12-7-5-10(6-8-12)15-19-14(16(20)21-15)9-11-3-1-2-4-13(11)18/h1-9H/b14-9-. The Morgan fingerprint density at radius 2 is 1.81 bits per heavy atom. The first-order valence-electron chi connectivity index (χ1n) is 6.16. The van der Waals surface area contributed by atoms with Crippen molar-refractivity contribution >= 4 is 33.9 Å². The largest absolute Gasteiger partial charge is 0.402 e. The molecule has 0 fully saturated rings. The summed E-state index contributed by atoms with van der Waals surface area (Å²) in [4.78, 5) is 15.9. The number of rotatable bonds is 2. The van der Waals surface area contributed by atoms with E-state index in [2.05, 4.69) is 20.9 Å². The number of ether oxygens (including phenoxy) is 1. The van der Waals surface area contributed by atoms with Gasteiger partial charge in [0.25, 0.3) is 0 Å². The lowest BCUT2D eigenvalue weighted by Crippen LogP contribution is -2.05. The number of benzene rings is 2. The monoisotopic (exact) mass is 345 g/mol. The maximum Gasteiger partial charge on any atom is 0.363 e. The van der Waals surface area contributed by atoms with Crippen LogP contribution in [0.5, 0.6) is 0 Å². The zero-order valence-corrected chi connectivity index (χ0v) is 12.3. The molecule has 0 saturated carbocycles. The lowest BCUT2D eigenvalue weighted by molar-refractivity contribution is -0.129. The molecule has 0 radical (unpaired) electrons. The Bertz CT molecular complexity index is 766. The molecule has 0 atom stereocenters. The molecule has 0 aromatic heterocycles. The quantitative estimate of drug-likeness (QED) is 0.610. The molecular weight excluding hydrogens is 337 g/mol. The number of cyclic esters (lactones) is 1. The van der Waals surface area contributed by atoms with E-state index in [-0.39, 0.29) is 11.6 Å². The predicted molar refractivity (Wildman–Crippen MR) is 81.1 cm³/mol. The zero-order chi connectivity index (χ0) is 14.8. The smallest absolute Gasteiger partial charge is 0.363 e. The summed E-state index contributed by atoms with van der Waals surface area (Å²) < 4.78 is 19.6. The summed E-state index contributed by atoms with van der Waals surface area (Å²) in [5.41, 5.74) is 1.06. The molecule has 0 saturated heterocycles. The van der Waals surface area contributed by atoms with Crippen molar-refractivity contribution in [3.63, 3.8) is 0 Å². The Morgan fingerprint density at radius 3 is 2.52 bits per heavy atom. The van der Waals surface area contributed by atoms with Crippen LogP contribution in [0.1, 0.15) is 11.1 Å². The summed E-state index contributed by atoms with van der Waals surface area (Å²) in [7, 11) is 0. The Hall–Kier alpha value is -2.27. The van der Waals surface area contributed by atoms with Crippen molar-refractivity contribution in [2.45, 2.75) is 0 Å². The van der Waals surface area contributed by atoms with E-state index in [1.165, 1.54) is 12.1 Å². The summed E-state index contributed by atoms with van der Waals surface area (Å²) in [5.74, 6) is -0.781. The molecule has 0 aliphatic carbocycles. The van der Waals surface area contributed by atoms with Gasteiger partial charge in [-0.15, -0.1) is 0 Å². The van der Waals surface area contributed by atoms with Crippen LogP contribution in [-0.2, 0) is 9.53 Å². The number of hydrogen-bond acceptors (Lipinski definition) is 3. The van der Waals surface area contributed by atoms with Gasteiger partial charge < -0.3 is 4.74 Å². The van der Waals surface area contributed by atoms with Crippen molar-refractivity contribution in [3.8, 4) is 0 Å². The number of aliphatic imine (C=N–C) groups is 1. The highest BCUT2D eigenvalue weighted by Gasteiger charge is 2.24. The maximum absolute atomic E-state index is 13.6. The second-order valence-corrected chi connectivity index (χ2v) is 5.28. The fourth-order valence-electron chi connectivity index (χ4n) is 1.86. The second kappa shape index (κ2) is 5.61. The summed E-state index contributed by atoms with van der Waals surface area (Å²) in [6, 6.07) is 13.4. The number of carbonyl (C=O) groups excluding carboxylic acids is 1. The molecule has 5 heteroatoms. The molecular formula is C16H9BrFNO2. The van der Waals surface area contributed by atoms with Gasteiger partial charge in [-0.3, -0.25) is 0 Å². The van der Waals surface area contributed by atoms with Crippen molar-refractivity contribution < 1.29 is 13.9 Å². The molecule has 3 nitrogen and oxygen atoms in total. The van der Waals surface area contributed by atoms with E-state index < -0.39 is 11.8 Å². The van der Waals surface area contributed by atoms with Crippen molar-refractivity contribution in [2.75, 3.05) is 0 Å². The molecule has 0 N–H and O–H groups in total. The van der Waals surface area contributed by atoms with Gasteiger partial charge in [-0.1, -0.05) is 34.1 Å². The van der Waals surface area contributed by atoms with Crippen molar-refractivity contribution in [1.82, 2.24) is 0 Å². The van der Waals surface area contributed by atoms with Gasteiger partial charge in [-0.2, -0.15) is 0 Å². The van der Waals surface area contributed by atoms with E-state index in [9.17, 15) is 9.18 Å². The molecule has 104 valence electrons. The first kappa shape index (κ1) is 13.7. The average molecular weight is 346 g/mol. The molecule has 21 heavy (non-hydrogen) atoms. The van der Waals surface area contributed by atoms with Crippen molar-refractivity contribution in [1.29, 1.82) is 0 Å². The SMILES string of the molecule is O=C1OC(c2ccc(Br)cc2)=N/C1=C\c1ccccc1F. The second-order valence-electron chi connectivity index (χ2n) is 4.36. The first-order chi connectivity index (χ1) is 10.1. The van der Waals surface area contributed by atoms with E-state index in [0.717, 1.165) is 4.47 Å². The van der Waals surface area contributed by atoms with Gasteiger partial charge in [0.15, 0.2) is 5.70 Å². The van der Waals surface area contributed by atoms with Crippen LogP contribution in [0.25, 0.3) is 6.08 Å². The Kier molecular flexibility index (Phi) is 3.66. The number of esters is 1. The lowest BCUT2D eigenvalue weighted by Gasteiger charge is -1.98. The topological polar surface area (TPSA) is 38.7 Å². The molecule has 1 aliphatic rings. The van der Waals surface area contributed by atoms with Crippen LogP contribution in [0.3, 0.4) is 0 Å². The van der Waals surface area contributed by atoms with Gasteiger partial charge in [0, 0.05) is 15.6 Å². The van der Waals surface area contributed by atoms with Gasteiger partial charge in [-0.05, 0) is 36.4 Å². The molecule has 1 aliphatic heterocycles. The predicted octanol–water partition coefficient (Wildman–Crippen LogP) is 3.93. The van der Waals surface area contributed by atoms with Gasteiger partial charge in [0.1, 0.15) is 5.82 Å². The third-order valence-electron chi connectivity index (χ3n) is 2.91. The van der Waals surface area contributed by atoms with E-state index in [0.29, 0.717) is 11.1 Å². The summed E-state index contributed by atoms with van der Waals surface area (Å²) in [6.07, 6.45) is 1.38. The van der Waals surface area contributed by atoms with E-state index >= 15 is 0 Å². The van der Waals surface area contributed by atoms with Gasteiger partial charge in [-0.25, -0.2) is 14.2 Å². The molecule has 2 aromatic rings. The Balaban J connectivity index is 1.96. The highest BCUT2D eigenvalue weighted by Crippen LogP contribution is 2.21. The number of halogens is 2. The molecule has 0 unspecified atom stereocenters. The summed E-state index contributed by atoms with van der Waals surface area (Å²) in [5, 5.41) is 0. The van der Waals surface area contributed by atoms with Gasteiger partial charge in [0.05, 0.1) is 0 Å². The van der Waals surface area contributed by atoms with Crippen LogP contribution >= 0.6 is 15.9 Å². The zero-order valence-electron chi connectivity index (χ0n) is 10.7. The third-order valence-corrected chi connectivity index (χ3v) is 3.44. The van der Waals surface area contributed by atoms with Crippen LogP contribution in [0.2, 0.25) is 0 Å². The minimum Gasteiger partial charge on any atom is -0.402 e. The summed E-state index contributed by atoms with van der Waals surface area (Å²) >= 11 is 3.33.